The number of hydrogen-bond donors (Lipinski definition) is 1. The molecule has 7 heteroatoms. The van der Waals surface area contributed by atoms with E-state index < -0.39 is 17.7 Å². The fourth-order valence-corrected chi connectivity index (χ4v) is 5.05. The lowest BCUT2D eigenvalue weighted by Gasteiger charge is -2.28. The topological polar surface area (TPSA) is 76.1 Å². The molecule has 0 spiro atoms. The van der Waals surface area contributed by atoms with Gasteiger partial charge in [-0.05, 0) is 73.2 Å². The molecular formula is C32H34ClNO5. The molecule has 39 heavy (non-hydrogen) atoms. The Hall–Kier alpha value is -3.77. The zero-order valence-corrected chi connectivity index (χ0v) is 23.9. The van der Waals surface area contributed by atoms with Crippen LogP contribution in [-0.4, -0.2) is 30.0 Å². The zero-order chi connectivity index (χ0) is 28.5. The van der Waals surface area contributed by atoms with Gasteiger partial charge < -0.3 is 14.6 Å². The van der Waals surface area contributed by atoms with E-state index in [1.165, 1.54) is 4.90 Å². The smallest absolute Gasteiger partial charge is 0.300 e. The SMILES string of the molecule is CCOc1ccc(/C(O)=C2/C(=O)C(=O)N(c3ccc(Cl)cc3C)C2c2ccc(C(C)(C)C)cc2)c(OCC)c1. The van der Waals surface area contributed by atoms with Gasteiger partial charge in [0, 0.05) is 16.8 Å². The Morgan fingerprint density at radius 2 is 1.62 bits per heavy atom. The summed E-state index contributed by atoms with van der Waals surface area (Å²) < 4.78 is 11.4. The minimum Gasteiger partial charge on any atom is -0.507 e. The van der Waals surface area contributed by atoms with Crippen molar-refractivity contribution in [3.8, 4) is 11.5 Å². The standard InChI is InChI=1S/C32H34ClNO5/c1-7-38-23-14-15-24(26(18-23)39-8-2)29(35)27-28(20-9-11-21(12-10-20)32(4,5)6)34(31(37)30(27)36)25-16-13-22(33)17-19(25)3/h9-18,28,35H,7-8H2,1-6H3/b29-27-. The molecule has 0 saturated carbocycles. The number of rotatable bonds is 7. The van der Waals surface area contributed by atoms with E-state index in [0.29, 0.717) is 46.5 Å². The van der Waals surface area contributed by atoms with Crippen LogP contribution in [0.25, 0.3) is 5.76 Å². The van der Waals surface area contributed by atoms with E-state index in [1.54, 1.807) is 36.4 Å². The van der Waals surface area contributed by atoms with E-state index >= 15 is 0 Å². The molecule has 3 aromatic carbocycles. The first kappa shape index (κ1) is 28.2. The van der Waals surface area contributed by atoms with Gasteiger partial charge in [0.05, 0.1) is 30.4 Å². The normalized spacial score (nSPS) is 17.0. The van der Waals surface area contributed by atoms with E-state index in [-0.39, 0.29) is 16.7 Å². The summed E-state index contributed by atoms with van der Waals surface area (Å²) in [5.74, 6) is -0.876. The second-order valence-electron chi connectivity index (χ2n) is 10.5. The molecule has 3 aromatic rings. The van der Waals surface area contributed by atoms with Crippen molar-refractivity contribution in [2.75, 3.05) is 18.1 Å². The van der Waals surface area contributed by atoms with Crippen molar-refractivity contribution in [1.29, 1.82) is 0 Å². The molecule has 0 bridgehead atoms. The summed E-state index contributed by atoms with van der Waals surface area (Å²) in [6.07, 6.45) is 0. The van der Waals surface area contributed by atoms with Gasteiger partial charge in [-0.15, -0.1) is 0 Å². The lowest BCUT2D eigenvalue weighted by molar-refractivity contribution is -0.132. The van der Waals surface area contributed by atoms with Gasteiger partial charge in [0.1, 0.15) is 17.3 Å². The van der Waals surface area contributed by atoms with Crippen LogP contribution < -0.4 is 14.4 Å². The third-order valence-corrected chi connectivity index (χ3v) is 7.01. The zero-order valence-electron chi connectivity index (χ0n) is 23.2. The van der Waals surface area contributed by atoms with Crippen molar-refractivity contribution in [2.45, 2.75) is 53.0 Å². The minimum atomic E-state index is -0.861. The number of aliphatic hydroxyl groups is 1. The van der Waals surface area contributed by atoms with Crippen molar-refractivity contribution >= 4 is 34.7 Å². The lowest BCUT2D eigenvalue weighted by Crippen LogP contribution is -2.30. The number of ketones is 1. The number of hydrogen-bond acceptors (Lipinski definition) is 5. The highest BCUT2D eigenvalue weighted by atomic mass is 35.5. The third-order valence-electron chi connectivity index (χ3n) is 6.77. The van der Waals surface area contributed by atoms with Crippen LogP contribution in [0.5, 0.6) is 11.5 Å². The molecule has 6 nitrogen and oxygen atoms in total. The summed E-state index contributed by atoms with van der Waals surface area (Å²) in [5.41, 5.74) is 3.30. The number of carbonyl (C=O) groups excluding carboxylic acids is 2. The van der Waals surface area contributed by atoms with Gasteiger partial charge in [0.2, 0.25) is 0 Å². The molecule has 0 aliphatic carbocycles. The second kappa shape index (κ2) is 11.1. The molecule has 1 aliphatic rings. The molecular weight excluding hydrogens is 514 g/mol. The molecule has 4 rings (SSSR count). The molecule has 1 saturated heterocycles. The summed E-state index contributed by atoms with van der Waals surface area (Å²) >= 11 is 6.20. The van der Waals surface area contributed by atoms with Crippen molar-refractivity contribution in [3.05, 3.63) is 93.5 Å². The lowest BCUT2D eigenvalue weighted by atomic mass is 9.85. The van der Waals surface area contributed by atoms with Crippen LogP contribution in [0.3, 0.4) is 0 Å². The first-order valence-electron chi connectivity index (χ1n) is 13.1. The largest absolute Gasteiger partial charge is 0.507 e. The predicted molar refractivity (Wildman–Crippen MR) is 155 cm³/mol. The van der Waals surface area contributed by atoms with Crippen LogP contribution in [0.2, 0.25) is 5.02 Å². The first-order chi connectivity index (χ1) is 18.5. The van der Waals surface area contributed by atoms with E-state index in [9.17, 15) is 14.7 Å². The minimum absolute atomic E-state index is 0.0111. The summed E-state index contributed by atoms with van der Waals surface area (Å²) in [5, 5.41) is 12.2. The fraction of sp³-hybridized carbons (Fsp3) is 0.312. The molecule has 1 N–H and O–H groups in total. The van der Waals surface area contributed by atoms with Crippen LogP contribution in [-0.2, 0) is 15.0 Å². The van der Waals surface area contributed by atoms with Crippen LogP contribution in [0.15, 0.2) is 66.2 Å². The quantitative estimate of drug-likeness (QED) is 0.190. The molecule has 1 amide bonds. The molecule has 0 radical (unpaired) electrons. The van der Waals surface area contributed by atoms with Crippen molar-refractivity contribution in [1.82, 2.24) is 0 Å². The maximum absolute atomic E-state index is 13.6. The Labute approximate surface area is 234 Å². The van der Waals surface area contributed by atoms with Gasteiger partial charge in [-0.1, -0.05) is 56.6 Å². The third kappa shape index (κ3) is 5.52. The molecule has 204 valence electrons. The van der Waals surface area contributed by atoms with E-state index in [1.807, 2.05) is 45.0 Å². The Kier molecular flexibility index (Phi) is 8.07. The summed E-state index contributed by atoms with van der Waals surface area (Å²) in [4.78, 5) is 28.7. The maximum Gasteiger partial charge on any atom is 0.300 e. The van der Waals surface area contributed by atoms with Crippen LogP contribution in [0.1, 0.15) is 62.9 Å². The number of aliphatic hydroxyl groups excluding tert-OH is 1. The van der Waals surface area contributed by atoms with Gasteiger partial charge in [0.15, 0.2) is 0 Å². The second-order valence-corrected chi connectivity index (χ2v) is 10.9. The van der Waals surface area contributed by atoms with E-state index in [2.05, 4.69) is 20.8 Å². The molecule has 1 unspecified atom stereocenters. The van der Waals surface area contributed by atoms with E-state index in [4.69, 9.17) is 21.1 Å². The van der Waals surface area contributed by atoms with Gasteiger partial charge in [-0.3, -0.25) is 14.5 Å². The average molecular weight is 548 g/mol. The van der Waals surface area contributed by atoms with Gasteiger partial charge in [0.25, 0.3) is 11.7 Å². The number of aryl methyl sites for hydroxylation is 1. The van der Waals surface area contributed by atoms with Crippen molar-refractivity contribution in [3.63, 3.8) is 0 Å². The average Bonchev–Trinajstić information content (AvgIpc) is 3.14. The number of amides is 1. The number of ether oxygens (including phenoxy) is 2. The molecule has 0 aromatic heterocycles. The molecule has 1 heterocycles. The predicted octanol–water partition coefficient (Wildman–Crippen LogP) is 7.37. The molecule has 1 aliphatic heterocycles. The van der Waals surface area contributed by atoms with Crippen molar-refractivity contribution in [2.24, 2.45) is 0 Å². The van der Waals surface area contributed by atoms with Crippen LogP contribution >= 0.6 is 11.6 Å². The number of anilines is 1. The molecule has 1 atom stereocenters. The highest BCUT2D eigenvalue weighted by molar-refractivity contribution is 6.52. The number of carbonyl (C=O) groups is 2. The summed E-state index contributed by atoms with van der Waals surface area (Å²) in [6.45, 7) is 12.7. The highest BCUT2D eigenvalue weighted by Gasteiger charge is 2.47. The van der Waals surface area contributed by atoms with Gasteiger partial charge >= 0.3 is 0 Å². The van der Waals surface area contributed by atoms with Crippen molar-refractivity contribution < 1.29 is 24.2 Å². The summed E-state index contributed by atoms with van der Waals surface area (Å²) in [6, 6.07) is 17.1. The number of benzene rings is 3. The van der Waals surface area contributed by atoms with Crippen LogP contribution in [0, 0.1) is 6.92 Å². The first-order valence-corrected chi connectivity index (χ1v) is 13.4. The Morgan fingerprint density at radius 1 is 0.949 bits per heavy atom. The maximum atomic E-state index is 13.6. The van der Waals surface area contributed by atoms with E-state index in [0.717, 1.165) is 11.1 Å². The Balaban J connectivity index is 1.96. The number of Topliss-reactive ketones (excluding diaryl/α,β-unsaturated/α-hetero) is 1. The number of halogens is 1. The summed E-state index contributed by atoms with van der Waals surface area (Å²) in [7, 11) is 0. The van der Waals surface area contributed by atoms with Crippen LogP contribution in [0.4, 0.5) is 5.69 Å². The Morgan fingerprint density at radius 3 is 2.21 bits per heavy atom. The van der Waals surface area contributed by atoms with Gasteiger partial charge in [-0.2, -0.15) is 0 Å². The number of nitrogens with zero attached hydrogens (tertiary/aromatic N) is 1. The molecule has 1 fully saturated rings. The van der Waals surface area contributed by atoms with Gasteiger partial charge in [-0.25, -0.2) is 0 Å². The highest BCUT2D eigenvalue weighted by Crippen LogP contribution is 2.45. The Bertz CT molecular complexity index is 1440. The fourth-order valence-electron chi connectivity index (χ4n) is 4.83. The monoisotopic (exact) mass is 547 g/mol.